The molecule has 0 aromatic heterocycles. The van der Waals surface area contributed by atoms with E-state index in [1.165, 1.54) is 5.56 Å². The second-order valence-electron chi connectivity index (χ2n) is 9.81. The van der Waals surface area contributed by atoms with Gasteiger partial charge in [-0.25, -0.2) is 0 Å². The third kappa shape index (κ3) is 5.52. The number of piperazine rings is 1. The lowest BCUT2D eigenvalue weighted by molar-refractivity contribution is -0.143. The SMILES string of the molecule is O=C(C1CCC2C(=O)N(Cc3ccc(Cl)cc3)C(=S)NC2C1)N1CCN(Cc2ccccc2)CC1. The lowest BCUT2D eigenvalue weighted by Gasteiger charge is -2.44. The van der Waals surface area contributed by atoms with Crippen molar-refractivity contribution in [3.05, 3.63) is 70.7 Å². The third-order valence-corrected chi connectivity index (χ3v) is 8.11. The van der Waals surface area contributed by atoms with Crippen LogP contribution in [0.25, 0.3) is 0 Å². The van der Waals surface area contributed by atoms with Crippen molar-refractivity contribution in [1.29, 1.82) is 0 Å². The van der Waals surface area contributed by atoms with Crippen LogP contribution in [0.1, 0.15) is 30.4 Å². The number of hydrogen-bond donors (Lipinski definition) is 1. The summed E-state index contributed by atoms with van der Waals surface area (Å²) >= 11 is 11.5. The van der Waals surface area contributed by atoms with Gasteiger partial charge >= 0.3 is 0 Å². The molecule has 2 aromatic rings. The molecule has 2 aliphatic heterocycles. The van der Waals surface area contributed by atoms with Crippen LogP contribution in [-0.4, -0.2) is 63.8 Å². The molecular weight excluding hydrogens is 480 g/mol. The summed E-state index contributed by atoms with van der Waals surface area (Å²) in [5, 5.41) is 4.50. The molecule has 2 saturated heterocycles. The van der Waals surface area contributed by atoms with Crippen LogP contribution < -0.4 is 5.32 Å². The number of amides is 2. The summed E-state index contributed by atoms with van der Waals surface area (Å²) in [6.45, 7) is 4.65. The van der Waals surface area contributed by atoms with Gasteiger partial charge in [-0.05, 0) is 54.7 Å². The van der Waals surface area contributed by atoms with Gasteiger partial charge in [-0.2, -0.15) is 0 Å². The molecule has 3 unspecified atom stereocenters. The number of halogens is 1. The molecule has 8 heteroatoms. The number of benzene rings is 2. The lowest BCUT2D eigenvalue weighted by atomic mass is 9.76. The monoisotopic (exact) mass is 510 g/mol. The number of rotatable bonds is 5. The smallest absolute Gasteiger partial charge is 0.234 e. The Labute approximate surface area is 217 Å². The highest BCUT2D eigenvalue weighted by atomic mass is 35.5. The first kappa shape index (κ1) is 24.2. The summed E-state index contributed by atoms with van der Waals surface area (Å²) in [6, 6.07) is 17.9. The van der Waals surface area contributed by atoms with Crippen molar-refractivity contribution < 1.29 is 9.59 Å². The molecule has 0 bridgehead atoms. The van der Waals surface area contributed by atoms with E-state index in [0.717, 1.165) is 44.7 Å². The normalized spacial score (nSPS) is 25.2. The van der Waals surface area contributed by atoms with Gasteiger partial charge in [-0.1, -0.05) is 54.1 Å². The minimum absolute atomic E-state index is 0.0529. The highest BCUT2D eigenvalue weighted by Crippen LogP contribution is 2.34. The second-order valence-corrected chi connectivity index (χ2v) is 10.6. The standard InChI is InChI=1S/C27H31ClN4O2S/c28-22-9-6-20(7-10-22)18-32-26(34)23-11-8-21(16-24(23)29-27(32)35)25(33)31-14-12-30(13-15-31)17-19-4-2-1-3-5-19/h1-7,9-10,21,23-24H,8,11-18H2,(H,29,35). The quantitative estimate of drug-likeness (QED) is 0.622. The second kappa shape index (κ2) is 10.6. The van der Waals surface area contributed by atoms with Crippen LogP contribution in [0.15, 0.2) is 54.6 Å². The maximum absolute atomic E-state index is 13.3. The first-order valence-electron chi connectivity index (χ1n) is 12.4. The number of fused-ring (bicyclic) bond motifs is 1. The molecule has 2 heterocycles. The van der Waals surface area contributed by atoms with Gasteiger partial charge in [-0.3, -0.25) is 19.4 Å². The summed E-state index contributed by atoms with van der Waals surface area (Å²) in [6.07, 6.45) is 2.12. The average molecular weight is 511 g/mol. The van der Waals surface area contributed by atoms with Crippen molar-refractivity contribution in [3.63, 3.8) is 0 Å². The van der Waals surface area contributed by atoms with Crippen LogP contribution in [0.3, 0.4) is 0 Å². The molecule has 1 aliphatic carbocycles. The number of thiocarbonyl (C=S) groups is 1. The van der Waals surface area contributed by atoms with E-state index in [-0.39, 0.29) is 29.7 Å². The predicted molar refractivity (Wildman–Crippen MR) is 141 cm³/mol. The van der Waals surface area contributed by atoms with Crippen LogP contribution in [0.2, 0.25) is 5.02 Å². The summed E-state index contributed by atoms with van der Waals surface area (Å²) in [5.74, 6) is 0.101. The van der Waals surface area contributed by atoms with E-state index in [9.17, 15) is 9.59 Å². The Morgan fingerprint density at radius 1 is 0.943 bits per heavy atom. The van der Waals surface area contributed by atoms with Gasteiger partial charge in [0, 0.05) is 49.7 Å². The van der Waals surface area contributed by atoms with E-state index < -0.39 is 0 Å². The fourth-order valence-corrected chi connectivity index (χ4v) is 5.97. The van der Waals surface area contributed by atoms with Crippen molar-refractivity contribution in [1.82, 2.24) is 20.0 Å². The van der Waals surface area contributed by atoms with Gasteiger partial charge in [0.1, 0.15) is 0 Å². The topological polar surface area (TPSA) is 55.9 Å². The fraction of sp³-hybridized carbons (Fsp3) is 0.444. The van der Waals surface area contributed by atoms with Gasteiger partial charge < -0.3 is 10.2 Å². The Morgan fingerprint density at radius 2 is 1.63 bits per heavy atom. The zero-order valence-electron chi connectivity index (χ0n) is 19.7. The first-order valence-corrected chi connectivity index (χ1v) is 13.2. The molecule has 3 atom stereocenters. The van der Waals surface area contributed by atoms with Crippen molar-refractivity contribution in [2.45, 2.75) is 38.4 Å². The highest BCUT2D eigenvalue weighted by Gasteiger charge is 2.44. The molecule has 3 aliphatic rings. The lowest BCUT2D eigenvalue weighted by Crippen LogP contribution is -2.62. The molecule has 3 fully saturated rings. The number of carbonyl (C=O) groups is 2. The van der Waals surface area contributed by atoms with E-state index >= 15 is 0 Å². The van der Waals surface area contributed by atoms with Gasteiger partial charge in [0.15, 0.2) is 5.11 Å². The molecular formula is C27H31ClN4O2S. The zero-order chi connectivity index (χ0) is 24.4. The van der Waals surface area contributed by atoms with Gasteiger partial charge in [0.2, 0.25) is 11.8 Å². The number of carbonyl (C=O) groups excluding carboxylic acids is 2. The predicted octanol–water partition coefficient (Wildman–Crippen LogP) is 3.69. The highest BCUT2D eigenvalue weighted by molar-refractivity contribution is 7.80. The Bertz CT molecular complexity index is 1070. The van der Waals surface area contributed by atoms with Gasteiger partial charge in [-0.15, -0.1) is 0 Å². The molecule has 2 aromatic carbocycles. The fourth-order valence-electron chi connectivity index (χ4n) is 5.54. The summed E-state index contributed by atoms with van der Waals surface area (Å²) in [5.41, 5.74) is 2.29. The Hall–Kier alpha value is -2.48. The minimum Gasteiger partial charge on any atom is -0.359 e. The molecule has 5 rings (SSSR count). The van der Waals surface area contributed by atoms with Gasteiger partial charge in [0.05, 0.1) is 12.5 Å². The average Bonchev–Trinajstić information content (AvgIpc) is 2.88. The zero-order valence-corrected chi connectivity index (χ0v) is 21.3. The number of nitrogens with one attached hydrogen (secondary N) is 1. The Morgan fingerprint density at radius 3 is 2.34 bits per heavy atom. The Balaban J connectivity index is 1.14. The van der Waals surface area contributed by atoms with E-state index in [2.05, 4.69) is 34.5 Å². The van der Waals surface area contributed by atoms with Crippen LogP contribution in [0.5, 0.6) is 0 Å². The maximum Gasteiger partial charge on any atom is 0.234 e. The Kier molecular flexibility index (Phi) is 7.37. The van der Waals surface area contributed by atoms with Crippen molar-refractivity contribution in [2.24, 2.45) is 11.8 Å². The maximum atomic E-state index is 13.3. The van der Waals surface area contributed by atoms with Gasteiger partial charge in [0.25, 0.3) is 0 Å². The van der Waals surface area contributed by atoms with Crippen LogP contribution in [0.4, 0.5) is 0 Å². The summed E-state index contributed by atoms with van der Waals surface area (Å²) in [7, 11) is 0. The number of hydrogen-bond acceptors (Lipinski definition) is 4. The summed E-state index contributed by atoms with van der Waals surface area (Å²) in [4.78, 5) is 32.7. The first-order chi connectivity index (χ1) is 17.0. The van der Waals surface area contributed by atoms with E-state index in [1.54, 1.807) is 4.90 Å². The summed E-state index contributed by atoms with van der Waals surface area (Å²) < 4.78 is 0. The third-order valence-electron chi connectivity index (χ3n) is 7.52. The number of nitrogens with zero attached hydrogens (tertiary/aromatic N) is 3. The van der Waals surface area contributed by atoms with Crippen LogP contribution in [-0.2, 0) is 22.7 Å². The molecule has 2 amide bonds. The van der Waals surface area contributed by atoms with E-state index in [4.69, 9.17) is 23.8 Å². The molecule has 184 valence electrons. The molecule has 6 nitrogen and oxygen atoms in total. The largest absolute Gasteiger partial charge is 0.359 e. The van der Waals surface area contributed by atoms with Crippen LogP contribution in [0, 0.1) is 11.8 Å². The molecule has 0 spiro atoms. The van der Waals surface area contributed by atoms with E-state index in [1.807, 2.05) is 35.2 Å². The minimum atomic E-state index is -0.138. The molecule has 0 radical (unpaired) electrons. The van der Waals surface area contributed by atoms with Crippen molar-refractivity contribution in [2.75, 3.05) is 26.2 Å². The van der Waals surface area contributed by atoms with Crippen molar-refractivity contribution in [3.8, 4) is 0 Å². The molecule has 35 heavy (non-hydrogen) atoms. The molecule has 1 N–H and O–H groups in total. The van der Waals surface area contributed by atoms with Crippen molar-refractivity contribution >= 4 is 40.7 Å². The van der Waals surface area contributed by atoms with E-state index in [0.29, 0.717) is 29.5 Å². The molecule has 1 saturated carbocycles. The van der Waals surface area contributed by atoms with Crippen LogP contribution >= 0.6 is 23.8 Å².